The molecular formula is C26H29NO5. The molecule has 6 nitrogen and oxygen atoms in total. The normalized spacial score (nSPS) is 23.1. The van der Waals surface area contributed by atoms with Crippen LogP contribution < -0.4 is 0 Å². The number of nitrogens with zero attached hydrogens (tertiary/aromatic N) is 1. The summed E-state index contributed by atoms with van der Waals surface area (Å²) < 4.78 is 11.8. The van der Waals surface area contributed by atoms with Gasteiger partial charge >= 0.3 is 12.1 Å². The average Bonchev–Trinajstić information content (AvgIpc) is 3.31. The molecule has 168 valence electrons. The molecule has 2 aromatic rings. The predicted octanol–water partition coefficient (Wildman–Crippen LogP) is 5.02. The lowest BCUT2D eigenvalue weighted by Crippen LogP contribution is -2.56. The Labute approximate surface area is 188 Å². The Morgan fingerprint density at radius 1 is 1.00 bits per heavy atom. The molecule has 0 aromatic heterocycles. The smallest absolute Gasteiger partial charge is 0.412 e. The van der Waals surface area contributed by atoms with Gasteiger partial charge in [-0.05, 0) is 53.4 Å². The van der Waals surface area contributed by atoms with Crippen LogP contribution in [0.5, 0.6) is 0 Å². The van der Waals surface area contributed by atoms with E-state index in [0.29, 0.717) is 12.8 Å². The number of carbonyl (C=O) groups is 2. The minimum Gasteiger partial charge on any atom is -0.480 e. The molecule has 1 heterocycles. The molecule has 2 aromatic carbocycles. The van der Waals surface area contributed by atoms with Gasteiger partial charge in [0.25, 0.3) is 0 Å². The maximum atomic E-state index is 13.3. The van der Waals surface area contributed by atoms with Gasteiger partial charge in [-0.15, -0.1) is 0 Å². The zero-order valence-electron chi connectivity index (χ0n) is 18.5. The molecule has 1 atom stereocenters. The first-order chi connectivity index (χ1) is 15.3. The van der Waals surface area contributed by atoms with Gasteiger partial charge in [0.1, 0.15) is 12.3 Å². The lowest BCUT2D eigenvalue weighted by atomic mass is 9.73. The minimum absolute atomic E-state index is 0.0000424. The molecule has 0 radical (unpaired) electrons. The topological polar surface area (TPSA) is 76.1 Å². The van der Waals surface area contributed by atoms with Crippen molar-refractivity contribution >= 4 is 12.1 Å². The number of hydrogen-bond acceptors (Lipinski definition) is 4. The van der Waals surface area contributed by atoms with E-state index in [2.05, 4.69) is 38.1 Å². The Balaban J connectivity index is 1.38. The van der Waals surface area contributed by atoms with Crippen LogP contribution in [-0.4, -0.2) is 47.0 Å². The maximum Gasteiger partial charge on any atom is 0.412 e. The third-order valence-corrected chi connectivity index (χ3v) is 7.46. The molecule has 32 heavy (non-hydrogen) atoms. The first-order valence-electron chi connectivity index (χ1n) is 11.3. The molecule has 6 heteroatoms. The van der Waals surface area contributed by atoms with Crippen molar-refractivity contribution < 1.29 is 24.2 Å². The van der Waals surface area contributed by atoms with E-state index in [0.717, 1.165) is 35.1 Å². The second-order valence-electron chi connectivity index (χ2n) is 9.95. The molecule has 1 unspecified atom stereocenters. The number of carbonyl (C=O) groups excluding carboxylic acids is 1. The minimum atomic E-state index is -1.06. The van der Waals surface area contributed by atoms with Crippen molar-refractivity contribution in [3.05, 3.63) is 59.7 Å². The molecule has 2 fully saturated rings. The number of fused-ring (bicyclic) bond motifs is 3. The van der Waals surface area contributed by atoms with Crippen molar-refractivity contribution in [2.75, 3.05) is 13.2 Å². The van der Waals surface area contributed by atoms with Gasteiger partial charge in [-0.2, -0.15) is 0 Å². The fraction of sp³-hybridized carbons (Fsp3) is 0.462. The third kappa shape index (κ3) is 3.37. The van der Waals surface area contributed by atoms with Gasteiger partial charge in [0, 0.05) is 5.92 Å². The van der Waals surface area contributed by atoms with E-state index in [-0.39, 0.29) is 24.5 Å². The molecular weight excluding hydrogens is 406 g/mol. The monoisotopic (exact) mass is 435 g/mol. The Kier molecular flexibility index (Phi) is 5.01. The van der Waals surface area contributed by atoms with E-state index in [4.69, 9.17) is 9.47 Å². The highest BCUT2D eigenvalue weighted by Crippen LogP contribution is 2.48. The summed E-state index contributed by atoms with van der Waals surface area (Å²) in [5.41, 5.74) is 3.83. The summed E-state index contributed by atoms with van der Waals surface area (Å²) in [5, 5.41) is 9.76. The van der Waals surface area contributed by atoms with Crippen LogP contribution in [0, 0.1) is 5.41 Å². The summed E-state index contributed by atoms with van der Waals surface area (Å²) in [4.78, 5) is 26.6. The van der Waals surface area contributed by atoms with E-state index in [1.807, 2.05) is 24.3 Å². The van der Waals surface area contributed by atoms with Gasteiger partial charge in [-0.25, -0.2) is 9.59 Å². The van der Waals surface area contributed by atoms with E-state index >= 15 is 0 Å². The average molecular weight is 436 g/mol. The summed E-state index contributed by atoms with van der Waals surface area (Å²) in [6, 6.07) is 15.3. The van der Waals surface area contributed by atoms with Crippen molar-refractivity contribution in [2.24, 2.45) is 5.41 Å². The molecule has 1 N–H and O–H groups in total. The van der Waals surface area contributed by atoms with E-state index in [9.17, 15) is 14.7 Å². The molecule has 1 spiro atoms. The summed E-state index contributed by atoms with van der Waals surface area (Å²) in [6.45, 7) is 4.56. The van der Waals surface area contributed by atoms with Crippen LogP contribution in [0.2, 0.25) is 0 Å². The first-order valence-corrected chi connectivity index (χ1v) is 11.3. The molecule has 1 saturated carbocycles. The van der Waals surface area contributed by atoms with Crippen LogP contribution in [0.25, 0.3) is 11.1 Å². The van der Waals surface area contributed by atoms with E-state index in [1.165, 1.54) is 4.90 Å². The zero-order chi connectivity index (χ0) is 22.5. The van der Waals surface area contributed by atoms with Crippen molar-refractivity contribution in [1.29, 1.82) is 0 Å². The molecule has 1 aliphatic heterocycles. The first kappa shape index (κ1) is 21.0. The van der Waals surface area contributed by atoms with Crippen LogP contribution >= 0.6 is 0 Å². The van der Waals surface area contributed by atoms with Gasteiger partial charge in [0.15, 0.2) is 6.04 Å². The second kappa shape index (κ2) is 7.62. The van der Waals surface area contributed by atoms with E-state index < -0.39 is 23.8 Å². The fourth-order valence-corrected chi connectivity index (χ4v) is 5.50. The number of hydrogen-bond donors (Lipinski definition) is 1. The van der Waals surface area contributed by atoms with Crippen LogP contribution in [0.3, 0.4) is 0 Å². The second-order valence-corrected chi connectivity index (χ2v) is 9.95. The standard InChI is InChI=1S/C26H29NO5/c1-25(2)11-13-26(14-12-25)27(22(16-32-26)23(28)29)24(30)31-15-21-19-9-5-3-7-17(19)18-8-4-6-10-20(18)21/h3-10,21-22H,11-16H2,1-2H3,(H,28,29). The highest BCUT2D eigenvalue weighted by Gasteiger charge is 2.55. The summed E-state index contributed by atoms with van der Waals surface area (Å²) in [5.74, 6) is -1.13. The number of rotatable bonds is 3. The molecule has 2 aliphatic carbocycles. The Hall–Kier alpha value is -2.86. The lowest BCUT2D eigenvalue weighted by molar-refractivity contribution is -0.145. The van der Waals surface area contributed by atoms with E-state index in [1.54, 1.807) is 0 Å². The predicted molar refractivity (Wildman–Crippen MR) is 119 cm³/mol. The van der Waals surface area contributed by atoms with Gasteiger partial charge in [0.2, 0.25) is 0 Å². The zero-order valence-corrected chi connectivity index (χ0v) is 18.5. The summed E-state index contributed by atoms with van der Waals surface area (Å²) in [6.07, 6.45) is 2.37. The Morgan fingerprint density at radius 3 is 2.12 bits per heavy atom. The SMILES string of the molecule is CC1(C)CCC2(CC1)OCC(C(=O)O)N2C(=O)OCC1c2ccccc2-c2ccccc21. The highest BCUT2D eigenvalue weighted by atomic mass is 16.6. The summed E-state index contributed by atoms with van der Waals surface area (Å²) >= 11 is 0. The molecule has 0 bridgehead atoms. The number of ether oxygens (including phenoxy) is 2. The van der Waals surface area contributed by atoms with Crippen molar-refractivity contribution in [1.82, 2.24) is 4.90 Å². The number of carboxylic acid groups (broad SMARTS) is 1. The number of carboxylic acids is 1. The highest BCUT2D eigenvalue weighted by molar-refractivity contribution is 5.82. The lowest BCUT2D eigenvalue weighted by Gasteiger charge is -2.45. The quantitative estimate of drug-likeness (QED) is 0.733. The van der Waals surface area contributed by atoms with Crippen molar-refractivity contribution in [3.63, 3.8) is 0 Å². The van der Waals surface area contributed by atoms with Crippen LogP contribution in [0.4, 0.5) is 4.79 Å². The van der Waals surface area contributed by atoms with Crippen molar-refractivity contribution in [3.8, 4) is 11.1 Å². The molecule has 5 rings (SSSR count). The van der Waals surface area contributed by atoms with Gasteiger partial charge in [0.05, 0.1) is 6.61 Å². The van der Waals surface area contributed by atoms with Gasteiger partial charge in [-0.3, -0.25) is 4.90 Å². The largest absolute Gasteiger partial charge is 0.480 e. The number of aliphatic carboxylic acids is 1. The van der Waals surface area contributed by atoms with Gasteiger partial charge in [-0.1, -0.05) is 62.4 Å². The van der Waals surface area contributed by atoms with Crippen LogP contribution in [0.1, 0.15) is 56.6 Å². The number of amides is 1. The van der Waals surface area contributed by atoms with Crippen LogP contribution in [0.15, 0.2) is 48.5 Å². The summed E-state index contributed by atoms with van der Waals surface area (Å²) in [7, 11) is 0. The third-order valence-electron chi connectivity index (χ3n) is 7.46. The molecule has 1 amide bonds. The Bertz CT molecular complexity index is 1010. The maximum absolute atomic E-state index is 13.3. The van der Waals surface area contributed by atoms with Gasteiger partial charge < -0.3 is 14.6 Å². The van der Waals surface area contributed by atoms with Crippen molar-refractivity contribution in [2.45, 2.75) is 57.2 Å². The van der Waals surface area contributed by atoms with Crippen LogP contribution in [-0.2, 0) is 14.3 Å². The fourth-order valence-electron chi connectivity index (χ4n) is 5.50. The number of benzene rings is 2. The molecule has 3 aliphatic rings. The molecule has 1 saturated heterocycles. The Morgan fingerprint density at radius 2 is 1.56 bits per heavy atom.